The molecule has 2 unspecified atom stereocenters. The van der Waals surface area contributed by atoms with E-state index in [0.717, 1.165) is 27.9 Å². The van der Waals surface area contributed by atoms with Gasteiger partial charge in [0.2, 0.25) is 0 Å². The molecule has 0 saturated carbocycles. The molecule has 39 heavy (non-hydrogen) atoms. The minimum atomic E-state index is -0.888. The highest BCUT2D eigenvalue weighted by molar-refractivity contribution is 6.02. The Labute approximate surface area is 226 Å². The molecular formula is C31H29FN4O3. The van der Waals surface area contributed by atoms with Crippen molar-refractivity contribution in [3.63, 3.8) is 0 Å². The summed E-state index contributed by atoms with van der Waals surface area (Å²) in [6, 6.07) is 19.8. The van der Waals surface area contributed by atoms with E-state index in [2.05, 4.69) is 9.97 Å². The fourth-order valence-electron chi connectivity index (χ4n) is 4.99. The van der Waals surface area contributed by atoms with Crippen molar-refractivity contribution in [2.24, 2.45) is 11.0 Å². The van der Waals surface area contributed by atoms with Crippen LogP contribution in [0.4, 0.5) is 10.1 Å². The molecule has 2 N–H and O–H groups in total. The molecule has 1 aliphatic heterocycles. The third kappa shape index (κ3) is 5.56. The quantitative estimate of drug-likeness (QED) is 0.321. The Hall–Kier alpha value is -4.43. The van der Waals surface area contributed by atoms with Gasteiger partial charge in [-0.2, -0.15) is 5.10 Å². The van der Waals surface area contributed by atoms with Gasteiger partial charge in [-0.1, -0.05) is 43.3 Å². The number of aliphatic hydroxyl groups is 1. The van der Waals surface area contributed by atoms with Crippen LogP contribution >= 0.6 is 0 Å². The summed E-state index contributed by atoms with van der Waals surface area (Å²) in [5.41, 5.74) is 6.61. The highest BCUT2D eigenvalue weighted by Gasteiger charge is 2.38. The summed E-state index contributed by atoms with van der Waals surface area (Å²) in [6.07, 6.45) is 3.93. The molecule has 5 rings (SSSR count). The molecule has 0 amide bonds. The van der Waals surface area contributed by atoms with Crippen LogP contribution in [-0.2, 0) is 17.8 Å². The molecule has 8 heteroatoms. The summed E-state index contributed by atoms with van der Waals surface area (Å²) < 4.78 is 14.4. The molecule has 0 radical (unpaired) electrons. The largest absolute Gasteiger partial charge is 0.481 e. The first-order valence-electron chi connectivity index (χ1n) is 12.8. The molecule has 3 aromatic carbocycles. The van der Waals surface area contributed by atoms with Crippen molar-refractivity contribution in [3.05, 3.63) is 113 Å². The van der Waals surface area contributed by atoms with E-state index < -0.39 is 5.97 Å². The van der Waals surface area contributed by atoms with Gasteiger partial charge in [0.25, 0.3) is 0 Å². The number of halogens is 1. The maximum absolute atomic E-state index is 14.4. The van der Waals surface area contributed by atoms with Gasteiger partial charge in [-0.3, -0.25) is 9.80 Å². The van der Waals surface area contributed by atoms with Crippen molar-refractivity contribution in [3.8, 4) is 11.1 Å². The lowest BCUT2D eigenvalue weighted by atomic mass is 9.94. The average molecular weight is 525 g/mol. The van der Waals surface area contributed by atoms with Gasteiger partial charge in [0, 0.05) is 23.9 Å². The van der Waals surface area contributed by atoms with Gasteiger partial charge in [-0.05, 0) is 71.5 Å². The fourth-order valence-corrected chi connectivity index (χ4v) is 4.99. The minimum absolute atomic E-state index is 0.0594. The summed E-state index contributed by atoms with van der Waals surface area (Å²) >= 11 is 0. The lowest BCUT2D eigenvalue weighted by Crippen LogP contribution is -2.34. The zero-order valence-corrected chi connectivity index (χ0v) is 21.8. The molecule has 0 bridgehead atoms. The first kappa shape index (κ1) is 26.2. The normalized spacial score (nSPS) is 16.8. The molecule has 1 aliphatic rings. The van der Waals surface area contributed by atoms with E-state index in [9.17, 15) is 19.4 Å². The smallest absolute Gasteiger partial charge is 0.305 e. The van der Waals surface area contributed by atoms with Crippen molar-refractivity contribution >= 4 is 17.4 Å². The fraction of sp³-hybridized carbons (Fsp3) is 0.226. The van der Waals surface area contributed by atoms with Crippen LogP contribution in [-0.4, -0.2) is 37.9 Å². The van der Waals surface area contributed by atoms with Crippen LogP contribution in [0.3, 0.4) is 0 Å². The lowest BCUT2D eigenvalue weighted by Gasteiger charge is -2.25. The maximum atomic E-state index is 14.4. The molecule has 0 fully saturated rings. The lowest BCUT2D eigenvalue weighted by molar-refractivity contribution is -0.137. The van der Waals surface area contributed by atoms with Crippen LogP contribution in [0, 0.1) is 18.7 Å². The van der Waals surface area contributed by atoms with Gasteiger partial charge in [-0.15, -0.1) is 0 Å². The summed E-state index contributed by atoms with van der Waals surface area (Å²) in [5.74, 6) is -0.869. The van der Waals surface area contributed by atoms with Gasteiger partial charge < -0.3 is 10.2 Å². The molecule has 2 heterocycles. The molecular weight excluding hydrogens is 495 g/mol. The van der Waals surface area contributed by atoms with Crippen LogP contribution in [0.15, 0.2) is 84.2 Å². The number of aliphatic carboxylic acids is 1. The van der Waals surface area contributed by atoms with Crippen LogP contribution in [0.2, 0.25) is 0 Å². The van der Waals surface area contributed by atoms with Crippen LogP contribution in [0.5, 0.6) is 0 Å². The number of rotatable bonds is 8. The number of benzene rings is 3. The third-order valence-corrected chi connectivity index (χ3v) is 7.18. The minimum Gasteiger partial charge on any atom is -0.481 e. The molecule has 0 spiro atoms. The van der Waals surface area contributed by atoms with Gasteiger partial charge in [0.1, 0.15) is 11.5 Å². The maximum Gasteiger partial charge on any atom is 0.305 e. The van der Waals surface area contributed by atoms with Crippen molar-refractivity contribution < 1.29 is 19.4 Å². The molecule has 1 aromatic heterocycles. The van der Waals surface area contributed by atoms with Gasteiger partial charge in [0.05, 0.1) is 24.8 Å². The third-order valence-electron chi connectivity index (χ3n) is 7.18. The Morgan fingerprint density at radius 3 is 2.38 bits per heavy atom. The Morgan fingerprint density at radius 2 is 1.72 bits per heavy atom. The highest BCUT2D eigenvalue weighted by atomic mass is 19.1. The Kier molecular flexibility index (Phi) is 7.47. The number of aliphatic hydroxyl groups excluding tert-OH is 1. The van der Waals surface area contributed by atoms with E-state index in [1.165, 1.54) is 6.07 Å². The van der Waals surface area contributed by atoms with E-state index in [1.54, 1.807) is 35.6 Å². The van der Waals surface area contributed by atoms with Gasteiger partial charge in [-0.25, -0.2) is 14.4 Å². The van der Waals surface area contributed by atoms with Crippen molar-refractivity contribution in [2.45, 2.75) is 39.3 Å². The highest BCUT2D eigenvalue weighted by Crippen LogP contribution is 2.33. The SMILES string of the molecule is Cc1cc(-c2cc(CO)ccc2F)ccc1Cc1ccc(N2N=C(c3ncccn3)C(C)C2CC(=O)O)cc1. The Balaban J connectivity index is 1.37. The summed E-state index contributed by atoms with van der Waals surface area (Å²) in [7, 11) is 0. The number of anilines is 1. The van der Waals surface area contributed by atoms with E-state index in [0.29, 0.717) is 29.1 Å². The Bertz CT molecular complexity index is 1520. The monoisotopic (exact) mass is 524 g/mol. The van der Waals surface area contributed by atoms with E-state index in [1.807, 2.05) is 56.3 Å². The number of carboxylic acid groups (broad SMARTS) is 1. The number of hydrazone groups is 1. The average Bonchev–Trinajstić information content (AvgIpc) is 3.26. The first-order chi connectivity index (χ1) is 18.8. The molecule has 2 atom stereocenters. The molecule has 4 aromatic rings. The topological polar surface area (TPSA) is 98.9 Å². The number of aryl methyl sites for hydroxylation is 1. The van der Waals surface area contributed by atoms with Crippen LogP contribution in [0.1, 0.15) is 41.4 Å². The Morgan fingerprint density at radius 1 is 1.00 bits per heavy atom. The summed E-state index contributed by atoms with van der Waals surface area (Å²) in [5, 5.41) is 25.5. The predicted octanol–water partition coefficient (Wildman–Crippen LogP) is 5.38. The standard InChI is InChI=1S/C31H29FN4O3/c1-19-14-24(26-16-22(18-37)6-11-27(26)32)8-7-23(19)15-21-4-9-25(10-5-21)36-28(17-29(38)39)20(2)30(35-36)31-33-12-3-13-34-31/h3-14,16,20,28,37H,15,17-18H2,1-2H3,(H,38,39). The van der Waals surface area contributed by atoms with Gasteiger partial charge >= 0.3 is 5.97 Å². The number of carbonyl (C=O) groups is 1. The second-order valence-electron chi connectivity index (χ2n) is 9.81. The summed E-state index contributed by atoms with van der Waals surface area (Å²) in [6.45, 7) is 3.82. The number of nitrogens with zero attached hydrogens (tertiary/aromatic N) is 4. The molecule has 7 nitrogen and oxygen atoms in total. The zero-order valence-electron chi connectivity index (χ0n) is 21.8. The molecule has 0 saturated heterocycles. The predicted molar refractivity (Wildman–Crippen MR) is 148 cm³/mol. The number of aromatic nitrogens is 2. The molecule has 0 aliphatic carbocycles. The first-order valence-corrected chi connectivity index (χ1v) is 12.8. The molecule has 198 valence electrons. The van der Waals surface area contributed by atoms with Gasteiger partial charge in [0.15, 0.2) is 5.82 Å². The number of carboxylic acids is 1. The van der Waals surface area contributed by atoms with Crippen molar-refractivity contribution in [2.75, 3.05) is 5.01 Å². The zero-order chi connectivity index (χ0) is 27.5. The van der Waals surface area contributed by atoms with E-state index in [-0.39, 0.29) is 30.8 Å². The van der Waals surface area contributed by atoms with Crippen molar-refractivity contribution in [1.82, 2.24) is 9.97 Å². The summed E-state index contributed by atoms with van der Waals surface area (Å²) in [4.78, 5) is 20.3. The van der Waals surface area contributed by atoms with Crippen molar-refractivity contribution in [1.29, 1.82) is 0 Å². The van der Waals surface area contributed by atoms with Crippen LogP contribution in [0.25, 0.3) is 11.1 Å². The number of hydrogen-bond donors (Lipinski definition) is 2. The number of hydrogen-bond acceptors (Lipinski definition) is 6. The van der Waals surface area contributed by atoms with E-state index >= 15 is 0 Å². The van der Waals surface area contributed by atoms with Crippen LogP contribution < -0.4 is 5.01 Å². The second kappa shape index (κ2) is 11.1. The van der Waals surface area contributed by atoms with E-state index in [4.69, 9.17) is 5.10 Å². The second-order valence-corrected chi connectivity index (χ2v) is 9.81.